The lowest BCUT2D eigenvalue weighted by Gasteiger charge is -2.24. The van der Waals surface area contributed by atoms with Crippen molar-refractivity contribution in [1.29, 1.82) is 0 Å². The molecule has 0 amide bonds. The zero-order valence-corrected chi connectivity index (χ0v) is 10.8. The first kappa shape index (κ1) is 12.4. The molecule has 86 valence electrons. The summed E-state index contributed by atoms with van der Waals surface area (Å²) in [4.78, 5) is 1.93. The molecule has 1 rings (SSSR count). The predicted octanol–water partition coefficient (Wildman–Crippen LogP) is 1.87. The Balaban J connectivity index is 2.70. The van der Waals surface area contributed by atoms with E-state index in [0.29, 0.717) is 12.5 Å². The molecule has 0 aliphatic carbocycles. The Morgan fingerprint density at radius 2 is 2.00 bits per heavy atom. The number of aromatic nitrogens is 2. The summed E-state index contributed by atoms with van der Waals surface area (Å²) in [5.41, 5.74) is -0.710. The fourth-order valence-corrected chi connectivity index (χ4v) is 2.07. The van der Waals surface area contributed by atoms with Crippen molar-refractivity contribution in [1.82, 2.24) is 10.2 Å². The number of aliphatic hydroxyl groups is 1. The SMILES string of the molecule is CC(C)c1nnc(N(C)CC(C)(C)O)s1. The normalized spacial score (nSPS) is 12.2. The van der Waals surface area contributed by atoms with Gasteiger partial charge in [-0.15, -0.1) is 10.2 Å². The lowest BCUT2D eigenvalue weighted by Crippen LogP contribution is -2.36. The van der Waals surface area contributed by atoms with Gasteiger partial charge in [-0.25, -0.2) is 0 Å². The highest BCUT2D eigenvalue weighted by molar-refractivity contribution is 7.15. The van der Waals surface area contributed by atoms with Gasteiger partial charge in [-0.3, -0.25) is 0 Å². The summed E-state index contributed by atoms with van der Waals surface area (Å²) in [6.45, 7) is 8.32. The van der Waals surface area contributed by atoms with Crippen LogP contribution in [0, 0.1) is 0 Å². The van der Waals surface area contributed by atoms with E-state index in [-0.39, 0.29) is 0 Å². The number of nitrogens with zero attached hydrogens (tertiary/aromatic N) is 3. The molecule has 0 saturated heterocycles. The van der Waals surface area contributed by atoms with Gasteiger partial charge in [0.25, 0.3) is 0 Å². The number of hydrogen-bond donors (Lipinski definition) is 1. The molecule has 4 nitrogen and oxygen atoms in total. The largest absolute Gasteiger partial charge is 0.389 e. The van der Waals surface area contributed by atoms with Gasteiger partial charge < -0.3 is 10.0 Å². The minimum Gasteiger partial charge on any atom is -0.389 e. The van der Waals surface area contributed by atoms with Gasteiger partial charge in [0, 0.05) is 19.5 Å². The van der Waals surface area contributed by atoms with E-state index >= 15 is 0 Å². The monoisotopic (exact) mass is 229 g/mol. The van der Waals surface area contributed by atoms with Gasteiger partial charge in [-0.2, -0.15) is 0 Å². The molecule has 0 radical (unpaired) electrons. The fourth-order valence-electron chi connectivity index (χ4n) is 1.26. The molecular formula is C10H19N3OS. The van der Waals surface area contributed by atoms with Gasteiger partial charge in [0.15, 0.2) is 0 Å². The van der Waals surface area contributed by atoms with Gasteiger partial charge in [0.1, 0.15) is 5.01 Å². The second kappa shape index (κ2) is 4.45. The van der Waals surface area contributed by atoms with E-state index in [1.54, 1.807) is 25.2 Å². The molecule has 0 unspecified atom stereocenters. The molecule has 1 aromatic rings. The summed E-state index contributed by atoms with van der Waals surface area (Å²) >= 11 is 1.58. The molecule has 15 heavy (non-hydrogen) atoms. The molecule has 0 aromatic carbocycles. The summed E-state index contributed by atoms with van der Waals surface area (Å²) in [6, 6.07) is 0. The summed E-state index contributed by atoms with van der Waals surface area (Å²) in [5.74, 6) is 0.409. The van der Waals surface area contributed by atoms with Gasteiger partial charge in [0.05, 0.1) is 5.60 Å². The second-order valence-electron chi connectivity index (χ2n) is 4.75. The Morgan fingerprint density at radius 3 is 2.40 bits per heavy atom. The van der Waals surface area contributed by atoms with Gasteiger partial charge in [0.2, 0.25) is 5.13 Å². The molecule has 0 bridgehead atoms. The van der Waals surface area contributed by atoms with Crippen LogP contribution < -0.4 is 4.90 Å². The van der Waals surface area contributed by atoms with E-state index in [1.807, 2.05) is 11.9 Å². The number of hydrogen-bond acceptors (Lipinski definition) is 5. The first-order chi connectivity index (χ1) is 6.79. The van der Waals surface area contributed by atoms with Gasteiger partial charge in [-0.1, -0.05) is 25.2 Å². The first-order valence-corrected chi connectivity index (χ1v) is 5.88. The van der Waals surface area contributed by atoms with Crippen LogP contribution in [0.4, 0.5) is 5.13 Å². The average Bonchev–Trinajstić information content (AvgIpc) is 2.47. The molecule has 5 heteroatoms. The standard InChI is InChI=1S/C10H19N3OS/c1-7(2)8-11-12-9(15-8)13(5)6-10(3,4)14/h7,14H,6H2,1-5H3. The van der Waals surface area contributed by atoms with Crippen molar-refractivity contribution in [3.8, 4) is 0 Å². The maximum atomic E-state index is 9.68. The van der Waals surface area contributed by atoms with Crippen molar-refractivity contribution >= 4 is 16.5 Å². The van der Waals surface area contributed by atoms with E-state index in [1.165, 1.54) is 0 Å². The zero-order valence-electron chi connectivity index (χ0n) is 9.98. The number of likely N-dealkylation sites (N-methyl/N-ethyl adjacent to an activating group) is 1. The zero-order chi connectivity index (χ0) is 11.6. The Labute approximate surface area is 95.0 Å². The molecule has 0 saturated carbocycles. The summed E-state index contributed by atoms with van der Waals surface area (Å²) in [7, 11) is 1.92. The van der Waals surface area contributed by atoms with Crippen molar-refractivity contribution in [3.05, 3.63) is 5.01 Å². The highest BCUT2D eigenvalue weighted by Crippen LogP contribution is 2.25. The van der Waals surface area contributed by atoms with Crippen LogP contribution in [0.15, 0.2) is 0 Å². The first-order valence-electron chi connectivity index (χ1n) is 5.06. The van der Waals surface area contributed by atoms with Crippen LogP contribution in [-0.2, 0) is 0 Å². The van der Waals surface area contributed by atoms with Crippen LogP contribution in [0.25, 0.3) is 0 Å². The van der Waals surface area contributed by atoms with Crippen LogP contribution in [0.1, 0.15) is 38.6 Å². The minimum atomic E-state index is -0.710. The maximum absolute atomic E-state index is 9.68. The van der Waals surface area contributed by atoms with Gasteiger partial charge >= 0.3 is 0 Å². The number of anilines is 1. The second-order valence-corrected chi connectivity index (χ2v) is 5.73. The maximum Gasteiger partial charge on any atom is 0.208 e. The highest BCUT2D eigenvalue weighted by atomic mass is 32.1. The van der Waals surface area contributed by atoms with E-state index < -0.39 is 5.60 Å². The lowest BCUT2D eigenvalue weighted by molar-refractivity contribution is 0.0886. The van der Waals surface area contributed by atoms with Gasteiger partial charge in [-0.05, 0) is 13.8 Å². The molecule has 1 aromatic heterocycles. The van der Waals surface area contributed by atoms with Crippen molar-refractivity contribution in [2.45, 2.75) is 39.2 Å². The highest BCUT2D eigenvalue weighted by Gasteiger charge is 2.18. The van der Waals surface area contributed by atoms with Crippen LogP contribution in [-0.4, -0.2) is 34.5 Å². The summed E-state index contributed by atoms with van der Waals surface area (Å²) < 4.78 is 0. The molecule has 0 atom stereocenters. The van der Waals surface area contributed by atoms with Crippen LogP contribution in [0.3, 0.4) is 0 Å². The lowest BCUT2D eigenvalue weighted by atomic mass is 10.1. The van der Waals surface area contributed by atoms with Crippen molar-refractivity contribution in [2.24, 2.45) is 0 Å². The molecule has 1 N–H and O–H groups in total. The summed E-state index contributed by atoms with van der Waals surface area (Å²) in [5, 5.41) is 19.8. The third-order valence-corrected chi connectivity index (χ3v) is 3.21. The molecular weight excluding hydrogens is 210 g/mol. The molecule has 0 aliphatic rings. The summed E-state index contributed by atoms with van der Waals surface area (Å²) in [6.07, 6.45) is 0. The van der Waals surface area contributed by atoms with Crippen molar-refractivity contribution in [3.63, 3.8) is 0 Å². The van der Waals surface area contributed by atoms with E-state index in [9.17, 15) is 5.11 Å². The third kappa shape index (κ3) is 3.76. The molecule has 0 spiro atoms. The van der Waals surface area contributed by atoms with Crippen LogP contribution in [0.2, 0.25) is 0 Å². The fraction of sp³-hybridized carbons (Fsp3) is 0.800. The quantitative estimate of drug-likeness (QED) is 0.856. The van der Waals surface area contributed by atoms with E-state index in [0.717, 1.165) is 10.1 Å². The Bertz CT molecular complexity index is 317. The predicted molar refractivity (Wildman–Crippen MR) is 63.6 cm³/mol. The average molecular weight is 229 g/mol. The van der Waals surface area contributed by atoms with Crippen LogP contribution >= 0.6 is 11.3 Å². The molecule has 0 fully saturated rings. The Hall–Kier alpha value is -0.680. The Morgan fingerprint density at radius 1 is 1.40 bits per heavy atom. The van der Waals surface area contributed by atoms with E-state index in [2.05, 4.69) is 24.0 Å². The Kier molecular flexibility index (Phi) is 3.67. The third-order valence-electron chi connectivity index (χ3n) is 1.87. The van der Waals surface area contributed by atoms with Crippen molar-refractivity contribution in [2.75, 3.05) is 18.5 Å². The smallest absolute Gasteiger partial charge is 0.208 e. The minimum absolute atomic E-state index is 0.409. The van der Waals surface area contributed by atoms with E-state index in [4.69, 9.17) is 0 Å². The number of rotatable bonds is 4. The van der Waals surface area contributed by atoms with Crippen LogP contribution in [0.5, 0.6) is 0 Å². The van der Waals surface area contributed by atoms with Crippen molar-refractivity contribution < 1.29 is 5.11 Å². The topological polar surface area (TPSA) is 49.2 Å². The molecule has 0 aliphatic heterocycles. The molecule has 1 heterocycles.